The molecule has 6 heteroatoms. The zero-order valence-corrected chi connectivity index (χ0v) is 15.8. The van der Waals surface area contributed by atoms with Crippen LogP contribution in [-0.4, -0.2) is 35.3 Å². The van der Waals surface area contributed by atoms with Crippen molar-refractivity contribution < 1.29 is 23.5 Å². The lowest BCUT2D eigenvalue weighted by molar-refractivity contribution is -0.129. The first-order valence-corrected chi connectivity index (χ1v) is 8.90. The van der Waals surface area contributed by atoms with Gasteiger partial charge in [0.05, 0.1) is 6.04 Å². The molecule has 1 aromatic rings. The molecule has 1 aliphatic heterocycles. The number of halogens is 1. The number of ether oxygens (including phenoxy) is 1. The normalized spacial score (nSPS) is 15.9. The average molecular weight is 375 g/mol. The fourth-order valence-corrected chi connectivity index (χ4v) is 2.53. The molecule has 0 N–H and O–H groups in total. The van der Waals surface area contributed by atoms with E-state index in [4.69, 9.17) is 4.74 Å². The molecule has 5 nitrogen and oxygen atoms in total. The van der Waals surface area contributed by atoms with Crippen molar-refractivity contribution in [2.75, 3.05) is 6.61 Å². The maximum absolute atomic E-state index is 12.8. The summed E-state index contributed by atoms with van der Waals surface area (Å²) in [4.78, 5) is 37.1. The molecule has 0 aromatic heterocycles. The summed E-state index contributed by atoms with van der Waals surface area (Å²) in [6, 6.07) is 5.01. The molecule has 0 bridgehead atoms. The molecule has 1 unspecified atom stereocenters. The number of imide groups is 1. The van der Waals surface area contributed by atoms with Crippen molar-refractivity contribution >= 4 is 17.8 Å². The van der Waals surface area contributed by atoms with E-state index in [1.54, 1.807) is 6.08 Å². The van der Waals surface area contributed by atoms with Gasteiger partial charge in [-0.15, -0.1) is 6.58 Å². The van der Waals surface area contributed by atoms with Gasteiger partial charge in [0.25, 0.3) is 0 Å². The van der Waals surface area contributed by atoms with Crippen LogP contribution in [0.4, 0.5) is 9.18 Å². The molecule has 0 aliphatic carbocycles. The van der Waals surface area contributed by atoms with Gasteiger partial charge in [0.2, 0.25) is 5.91 Å². The number of hydrogen-bond acceptors (Lipinski definition) is 4. The van der Waals surface area contributed by atoms with Crippen LogP contribution in [0.5, 0.6) is 0 Å². The molecule has 0 spiro atoms. The number of rotatable bonds is 7. The van der Waals surface area contributed by atoms with Crippen LogP contribution >= 0.6 is 0 Å². The fraction of sp³-hybridized carbons (Fsp3) is 0.381. The molecular weight excluding hydrogens is 349 g/mol. The van der Waals surface area contributed by atoms with Crippen molar-refractivity contribution in [3.63, 3.8) is 0 Å². The highest BCUT2D eigenvalue weighted by molar-refractivity contribution is 5.97. The maximum Gasteiger partial charge on any atom is 0.416 e. The first kappa shape index (κ1) is 22.3. The smallest absolute Gasteiger partial charge is 0.416 e. The second-order valence-corrected chi connectivity index (χ2v) is 5.99. The van der Waals surface area contributed by atoms with Crippen LogP contribution in [0.25, 0.3) is 0 Å². The Balaban J connectivity index is 0.00000114. The van der Waals surface area contributed by atoms with Gasteiger partial charge in [-0.2, -0.15) is 0 Å². The summed E-state index contributed by atoms with van der Waals surface area (Å²) in [5.74, 6) is -0.891. The van der Waals surface area contributed by atoms with Crippen LogP contribution in [0, 0.1) is 5.82 Å². The summed E-state index contributed by atoms with van der Waals surface area (Å²) in [6.45, 7) is 7.31. The number of Topliss-reactive ketones (excluding diaryl/α,β-unsaturated/α-hetero) is 1. The molecule has 0 radical (unpaired) electrons. The van der Waals surface area contributed by atoms with Crippen molar-refractivity contribution in [3.8, 4) is 0 Å². The third-order valence-electron chi connectivity index (χ3n) is 3.83. The number of carbonyl (C=O) groups excluding carboxylic acids is 3. The molecule has 1 fully saturated rings. The molecule has 1 atom stereocenters. The molecule has 1 heterocycles. The van der Waals surface area contributed by atoms with Crippen LogP contribution in [0.2, 0.25) is 0 Å². The summed E-state index contributed by atoms with van der Waals surface area (Å²) in [7, 11) is 0. The van der Waals surface area contributed by atoms with Crippen LogP contribution in [0.15, 0.2) is 49.1 Å². The lowest BCUT2D eigenvalue weighted by atomic mass is 10.0. The Kier molecular flexibility index (Phi) is 9.72. The van der Waals surface area contributed by atoms with Crippen molar-refractivity contribution in [2.45, 2.75) is 45.6 Å². The number of allylic oxidation sites excluding steroid dienone is 2. The van der Waals surface area contributed by atoms with Gasteiger partial charge in [-0.3, -0.25) is 9.59 Å². The van der Waals surface area contributed by atoms with Gasteiger partial charge < -0.3 is 4.74 Å². The largest absolute Gasteiger partial charge is 0.447 e. The molecule has 1 aromatic carbocycles. The Bertz CT molecular complexity index is 682. The van der Waals surface area contributed by atoms with E-state index < -0.39 is 11.9 Å². The van der Waals surface area contributed by atoms with E-state index in [0.29, 0.717) is 18.4 Å². The summed E-state index contributed by atoms with van der Waals surface area (Å²) >= 11 is 0. The Morgan fingerprint density at radius 1 is 1.26 bits per heavy atom. The molecule has 27 heavy (non-hydrogen) atoms. The van der Waals surface area contributed by atoms with Gasteiger partial charge in [0.15, 0.2) is 5.78 Å². The molecule has 1 saturated heterocycles. The lowest BCUT2D eigenvalue weighted by Gasteiger charge is -2.18. The summed E-state index contributed by atoms with van der Waals surface area (Å²) in [5.41, 5.74) is 0.412. The van der Waals surface area contributed by atoms with Gasteiger partial charge in [-0.25, -0.2) is 14.1 Å². The van der Waals surface area contributed by atoms with Crippen LogP contribution < -0.4 is 0 Å². The zero-order chi connectivity index (χ0) is 20.2. The van der Waals surface area contributed by atoms with Crippen LogP contribution in [0.3, 0.4) is 0 Å². The van der Waals surface area contributed by atoms with E-state index in [0.717, 1.165) is 4.90 Å². The van der Waals surface area contributed by atoms with E-state index in [1.807, 2.05) is 26.0 Å². The summed E-state index contributed by atoms with van der Waals surface area (Å²) in [6.07, 6.45) is 6.00. The number of ketones is 1. The highest BCUT2D eigenvalue weighted by Crippen LogP contribution is 2.18. The predicted octanol–water partition coefficient (Wildman–Crippen LogP) is 4.68. The number of carbonyl (C=O) groups is 3. The zero-order valence-electron chi connectivity index (χ0n) is 15.8. The Labute approximate surface area is 159 Å². The standard InChI is InChI=1S/C18H20FNO4.C3H6/c1-2-3-5-15-12-24-18(23)20(15)17(22)7-4-6-16(21)13-8-10-14(19)11-9-13;1-3-2/h2-3,8-11,15H,4-7,12H2,1H3;3H,1H2,2H3/b3-2-;. The third kappa shape index (κ3) is 7.17. The molecular formula is C21H26FNO4. The number of cyclic esters (lactones) is 1. The van der Waals surface area contributed by atoms with Crippen molar-refractivity contribution in [1.29, 1.82) is 0 Å². The lowest BCUT2D eigenvalue weighted by Crippen LogP contribution is -2.38. The van der Waals surface area contributed by atoms with E-state index in [-0.39, 0.29) is 37.2 Å². The average Bonchev–Trinajstić information content (AvgIpc) is 3.01. The van der Waals surface area contributed by atoms with Gasteiger partial charge in [0, 0.05) is 18.4 Å². The molecule has 1 aliphatic rings. The highest BCUT2D eigenvalue weighted by atomic mass is 19.1. The molecule has 2 amide bonds. The predicted molar refractivity (Wildman–Crippen MR) is 102 cm³/mol. The Morgan fingerprint density at radius 2 is 1.89 bits per heavy atom. The van der Waals surface area contributed by atoms with Crippen molar-refractivity contribution in [3.05, 3.63) is 60.5 Å². The number of nitrogens with zero attached hydrogens (tertiary/aromatic N) is 1. The van der Waals surface area contributed by atoms with E-state index in [2.05, 4.69) is 6.58 Å². The number of amides is 2. The minimum absolute atomic E-state index is 0.0916. The SMILES string of the molecule is C/C=C\CC1COC(=O)N1C(=O)CCCC(=O)c1ccc(F)cc1.C=CC. The van der Waals surface area contributed by atoms with E-state index >= 15 is 0 Å². The second kappa shape index (κ2) is 11.8. The Hall–Kier alpha value is -2.76. The molecule has 2 rings (SSSR count). The van der Waals surface area contributed by atoms with Gasteiger partial charge in [0.1, 0.15) is 12.4 Å². The Morgan fingerprint density at radius 3 is 2.48 bits per heavy atom. The van der Waals surface area contributed by atoms with Crippen LogP contribution in [-0.2, 0) is 9.53 Å². The summed E-state index contributed by atoms with van der Waals surface area (Å²) in [5, 5.41) is 0. The topological polar surface area (TPSA) is 63.7 Å². The summed E-state index contributed by atoms with van der Waals surface area (Å²) < 4.78 is 17.8. The first-order chi connectivity index (χ1) is 12.9. The molecule has 0 saturated carbocycles. The monoisotopic (exact) mass is 375 g/mol. The first-order valence-electron chi connectivity index (χ1n) is 8.90. The third-order valence-corrected chi connectivity index (χ3v) is 3.83. The van der Waals surface area contributed by atoms with Crippen molar-refractivity contribution in [1.82, 2.24) is 4.90 Å². The maximum atomic E-state index is 12.8. The van der Waals surface area contributed by atoms with E-state index in [9.17, 15) is 18.8 Å². The van der Waals surface area contributed by atoms with Gasteiger partial charge >= 0.3 is 6.09 Å². The van der Waals surface area contributed by atoms with Crippen molar-refractivity contribution in [2.24, 2.45) is 0 Å². The number of benzene rings is 1. The second-order valence-electron chi connectivity index (χ2n) is 5.99. The van der Waals surface area contributed by atoms with Crippen LogP contribution in [0.1, 0.15) is 49.9 Å². The minimum Gasteiger partial charge on any atom is -0.447 e. The highest BCUT2D eigenvalue weighted by Gasteiger charge is 2.36. The quantitative estimate of drug-likeness (QED) is 0.512. The van der Waals surface area contributed by atoms with E-state index in [1.165, 1.54) is 24.3 Å². The number of hydrogen-bond donors (Lipinski definition) is 0. The molecule has 146 valence electrons. The fourth-order valence-electron chi connectivity index (χ4n) is 2.53. The van der Waals surface area contributed by atoms with Gasteiger partial charge in [-0.1, -0.05) is 18.2 Å². The minimum atomic E-state index is -0.626. The van der Waals surface area contributed by atoms with Gasteiger partial charge in [-0.05, 0) is 51.0 Å².